The van der Waals surface area contributed by atoms with E-state index in [1.54, 1.807) is 0 Å². The molecular formula is C48H92O6. The Labute approximate surface area is 336 Å². The molecule has 0 heterocycles. The smallest absolute Gasteiger partial charge is 0.306 e. The summed E-state index contributed by atoms with van der Waals surface area (Å²) in [6, 6.07) is 0. The maximum Gasteiger partial charge on any atom is 0.306 e. The maximum absolute atomic E-state index is 12.7. The lowest BCUT2D eigenvalue weighted by Gasteiger charge is -2.18. The van der Waals surface area contributed by atoms with Crippen LogP contribution in [0.15, 0.2) is 0 Å². The summed E-state index contributed by atoms with van der Waals surface area (Å²) in [4.78, 5) is 37.8. The van der Waals surface area contributed by atoms with Gasteiger partial charge in [0, 0.05) is 19.3 Å². The van der Waals surface area contributed by atoms with Crippen molar-refractivity contribution in [1.29, 1.82) is 0 Å². The summed E-state index contributed by atoms with van der Waals surface area (Å²) in [5.74, 6) is 0.784. The molecule has 2 atom stereocenters. The van der Waals surface area contributed by atoms with Crippen LogP contribution in [0.4, 0.5) is 0 Å². The molecule has 0 bridgehead atoms. The quantitative estimate of drug-likeness (QED) is 0.0350. The Balaban J connectivity index is 4.34. The molecule has 0 rings (SSSR count). The minimum absolute atomic E-state index is 0.0650. The van der Waals surface area contributed by atoms with Crippen LogP contribution >= 0.6 is 0 Å². The fourth-order valence-electron chi connectivity index (χ4n) is 7.07. The molecule has 1 unspecified atom stereocenters. The Kier molecular flexibility index (Phi) is 39.8. The zero-order valence-corrected chi connectivity index (χ0v) is 36.8. The van der Waals surface area contributed by atoms with Crippen molar-refractivity contribution in [3.63, 3.8) is 0 Å². The van der Waals surface area contributed by atoms with Gasteiger partial charge in [-0.05, 0) is 31.1 Å². The Morgan fingerprint density at radius 2 is 0.704 bits per heavy atom. The topological polar surface area (TPSA) is 78.9 Å². The highest BCUT2D eigenvalue weighted by atomic mass is 16.6. The lowest BCUT2D eigenvalue weighted by molar-refractivity contribution is -0.167. The summed E-state index contributed by atoms with van der Waals surface area (Å²) < 4.78 is 16.7. The van der Waals surface area contributed by atoms with Crippen LogP contribution in [0.5, 0.6) is 0 Å². The summed E-state index contributed by atoms with van der Waals surface area (Å²) in [5, 5.41) is 0. The van der Waals surface area contributed by atoms with E-state index in [1.165, 1.54) is 148 Å². The number of hydrogen-bond donors (Lipinski definition) is 0. The summed E-state index contributed by atoms with van der Waals surface area (Å²) in [5.41, 5.74) is 0. The summed E-state index contributed by atoms with van der Waals surface area (Å²) in [6.45, 7) is 11.3. The fourth-order valence-corrected chi connectivity index (χ4v) is 7.07. The maximum atomic E-state index is 12.7. The van der Waals surface area contributed by atoms with E-state index >= 15 is 0 Å². The Morgan fingerprint density at radius 1 is 0.389 bits per heavy atom. The van der Waals surface area contributed by atoms with Crippen molar-refractivity contribution in [3.05, 3.63) is 0 Å². The molecule has 0 aromatic heterocycles. The SMILES string of the molecule is CCCCCCCCCCCCCCCC(=O)OC[C@H](COC(=O)CCCCCCCCCCC(C)CC)OC(=O)CCCCCCCCCCC(C)C. The first-order chi connectivity index (χ1) is 26.3. The molecule has 0 aromatic rings. The highest BCUT2D eigenvalue weighted by molar-refractivity contribution is 5.71. The number of rotatable bonds is 42. The van der Waals surface area contributed by atoms with Crippen LogP contribution in [0, 0.1) is 11.8 Å². The number of unbranched alkanes of at least 4 members (excludes halogenated alkanes) is 26. The Morgan fingerprint density at radius 3 is 1.06 bits per heavy atom. The van der Waals surface area contributed by atoms with E-state index in [0.717, 1.165) is 69.6 Å². The second kappa shape index (κ2) is 41.1. The van der Waals surface area contributed by atoms with Gasteiger partial charge in [0.15, 0.2) is 6.10 Å². The van der Waals surface area contributed by atoms with E-state index in [1.807, 2.05) is 0 Å². The first-order valence-corrected chi connectivity index (χ1v) is 23.8. The summed E-state index contributed by atoms with van der Waals surface area (Å²) in [7, 11) is 0. The number of esters is 3. The third-order valence-electron chi connectivity index (χ3n) is 11.1. The molecule has 0 saturated carbocycles. The van der Waals surface area contributed by atoms with Crippen LogP contribution in [0.1, 0.15) is 259 Å². The highest BCUT2D eigenvalue weighted by Crippen LogP contribution is 2.17. The van der Waals surface area contributed by atoms with E-state index in [2.05, 4.69) is 34.6 Å². The minimum Gasteiger partial charge on any atom is -0.462 e. The first kappa shape index (κ1) is 52.4. The van der Waals surface area contributed by atoms with Crippen molar-refractivity contribution in [2.45, 2.75) is 265 Å². The average molecular weight is 765 g/mol. The standard InChI is InChI=1S/C48H92O6/c1-6-8-9-10-11-12-13-14-15-16-23-28-33-38-46(49)52-41-45(54-48(51)40-35-30-25-19-17-21-26-31-36-43(3)4)42-53-47(50)39-34-29-24-20-18-22-27-32-37-44(5)7-2/h43-45H,6-42H2,1-5H3/t44?,45-/m1/s1. The predicted octanol–water partition coefficient (Wildman–Crippen LogP) is 15.0. The molecule has 0 aliphatic rings. The van der Waals surface area contributed by atoms with Gasteiger partial charge in [-0.3, -0.25) is 14.4 Å². The molecule has 0 spiro atoms. The third-order valence-corrected chi connectivity index (χ3v) is 11.1. The molecule has 0 amide bonds. The van der Waals surface area contributed by atoms with Crippen molar-refractivity contribution in [1.82, 2.24) is 0 Å². The fraction of sp³-hybridized carbons (Fsp3) is 0.938. The van der Waals surface area contributed by atoms with Gasteiger partial charge in [0.05, 0.1) is 0 Å². The van der Waals surface area contributed by atoms with Gasteiger partial charge in [0.25, 0.3) is 0 Å². The number of hydrogen-bond acceptors (Lipinski definition) is 6. The third kappa shape index (κ3) is 40.1. The van der Waals surface area contributed by atoms with E-state index in [4.69, 9.17) is 14.2 Å². The molecule has 0 aliphatic heterocycles. The largest absolute Gasteiger partial charge is 0.462 e. The summed E-state index contributed by atoms with van der Waals surface area (Å²) >= 11 is 0. The zero-order valence-electron chi connectivity index (χ0n) is 36.8. The first-order valence-electron chi connectivity index (χ1n) is 23.8. The molecule has 320 valence electrons. The van der Waals surface area contributed by atoms with Gasteiger partial charge < -0.3 is 14.2 Å². The van der Waals surface area contributed by atoms with Gasteiger partial charge in [-0.25, -0.2) is 0 Å². The molecule has 6 nitrogen and oxygen atoms in total. The molecule has 0 fully saturated rings. The normalized spacial score (nSPS) is 12.6. The highest BCUT2D eigenvalue weighted by Gasteiger charge is 2.19. The van der Waals surface area contributed by atoms with Gasteiger partial charge in [-0.15, -0.1) is 0 Å². The van der Waals surface area contributed by atoms with Gasteiger partial charge in [0.1, 0.15) is 13.2 Å². The molecule has 54 heavy (non-hydrogen) atoms. The lowest BCUT2D eigenvalue weighted by Crippen LogP contribution is -2.30. The van der Waals surface area contributed by atoms with Crippen LogP contribution in [0.3, 0.4) is 0 Å². The zero-order chi connectivity index (χ0) is 39.7. The van der Waals surface area contributed by atoms with E-state index < -0.39 is 6.10 Å². The monoisotopic (exact) mass is 765 g/mol. The van der Waals surface area contributed by atoms with E-state index in [-0.39, 0.29) is 31.1 Å². The van der Waals surface area contributed by atoms with E-state index in [0.29, 0.717) is 19.3 Å². The molecule has 0 N–H and O–H groups in total. The van der Waals surface area contributed by atoms with Crippen molar-refractivity contribution in [2.75, 3.05) is 13.2 Å². The average Bonchev–Trinajstić information content (AvgIpc) is 3.15. The second-order valence-corrected chi connectivity index (χ2v) is 17.1. The van der Waals surface area contributed by atoms with Crippen LogP contribution in [-0.2, 0) is 28.6 Å². The molecule has 0 aromatic carbocycles. The van der Waals surface area contributed by atoms with Crippen molar-refractivity contribution >= 4 is 17.9 Å². The van der Waals surface area contributed by atoms with Gasteiger partial charge in [0.2, 0.25) is 0 Å². The van der Waals surface area contributed by atoms with Crippen molar-refractivity contribution < 1.29 is 28.6 Å². The Hall–Kier alpha value is -1.59. The van der Waals surface area contributed by atoms with Gasteiger partial charge in [-0.1, -0.05) is 221 Å². The Bertz CT molecular complexity index is 826. The molecule has 6 heteroatoms. The summed E-state index contributed by atoms with van der Waals surface area (Å²) in [6.07, 6.45) is 39.4. The minimum atomic E-state index is -0.761. The van der Waals surface area contributed by atoms with Crippen LogP contribution in [0.25, 0.3) is 0 Å². The van der Waals surface area contributed by atoms with Gasteiger partial charge >= 0.3 is 17.9 Å². The number of carbonyl (C=O) groups excluding carboxylic acids is 3. The van der Waals surface area contributed by atoms with Crippen LogP contribution in [-0.4, -0.2) is 37.2 Å². The lowest BCUT2D eigenvalue weighted by atomic mass is 9.99. The van der Waals surface area contributed by atoms with E-state index in [9.17, 15) is 14.4 Å². The van der Waals surface area contributed by atoms with Crippen molar-refractivity contribution in [2.24, 2.45) is 11.8 Å². The molecule has 0 aliphatic carbocycles. The van der Waals surface area contributed by atoms with Crippen molar-refractivity contribution in [3.8, 4) is 0 Å². The predicted molar refractivity (Wildman–Crippen MR) is 229 cm³/mol. The van der Waals surface area contributed by atoms with Gasteiger partial charge in [-0.2, -0.15) is 0 Å². The molecule has 0 saturated heterocycles. The number of carbonyl (C=O) groups is 3. The molecular weight excluding hydrogens is 673 g/mol. The number of ether oxygens (including phenoxy) is 3. The molecule has 0 radical (unpaired) electrons. The van der Waals surface area contributed by atoms with Crippen LogP contribution < -0.4 is 0 Å². The second-order valence-electron chi connectivity index (χ2n) is 17.1. The van der Waals surface area contributed by atoms with Crippen LogP contribution in [0.2, 0.25) is 0 Å².